The molecule has 0 radical (unpaired) electrons. The number of aromatic nitrogens is 1. The number of rotatable bonds is 4. The van der Waals surface area contributed by atoms with E-state index in [2.05, 4.69) is 72.4 Å². The van der Waals surface area contributed by atoms with Gasteiger partial charge in [-0.2, -0.15) is 0 Å². The van der Waals surface area contributed by atoms with Crippen LogP contribution in [0.4, 0.5) is 4.79 Å². The number of carbonyl (C=O) groups excluding carboxylic acids is 1. The molecule has 3 aromatic rings. The number of para-hydroxylation sites is 1. The summed E-state index contributed by atoms with van der Waals surface area (Å²) in [7, 11) is 0. The Labute approximate surface area is 166 Å². The minimum Gasteiger partial charge on any atom is -0.338 e. The summed E-state index contributed by atoms with van der Waals surface area (Å²) >= 11 is 0. The standard InChI is InChI=1S/C24H27N3O/c1-18(2)14-15-25-24(28)27-17-20-11-6-7-12-21(20)26-16-8-13-22(26)23(27)19-9-4-3-5-10-19/h3-13,16,18,23H,14-15,17H2,1-2H3,(H,25,28)/t23-/m0/s1. The maximum absolute atomic E-state index is 13.3. The van der Waals surface area contributed by atoms with Gasteiger partial charge in [-0.1, -0.05) is 62.4 Å². The summed E-state index contributed by atoms with van der Waals surface area (Å²) in [6, 6.07) is 22.7. The number of carbonyl (C=O) groups is 1. The van der Waals surface area contributed by atoms with Gasteiger partial charge in [0.25, 0.3) is 0 Å². The van der Waals surface area contributed by atoms with Crippen molar-refractivity contribution in [3.8, 4) is 5.69 Å². The predicted molar refractivity (Wildman–Crippen MR) is 112 cm³/mol. The Bertz CT molecular complexity index is 945. The Hall–Kier alpha value is -3.01. The quantitative estimate of drug-likeness (QED) is 0.676. The Morgan fingerprint density at radius 3 is 2.57 bits per heavy atom. The summed E-state index contributed by atoms with van der Waals surface area (Å²) in [5, 5.41) is 3.14. The van der Waals surface area contributed by atoms with E-state index in [9.17, 15) is 4.79 Å². The average Bonchev–Trinajstić information content (AvgIpc) is 3.12. The Morgan fingerprint density at radius 1 is 1.04 bits per heavy atom. The molecule has 4 rings (SSSR count). The molecule has 2 heterocycles. The predicted octanol–water partition coefficient (Wildman–Crippen LogP) is 5.14. The van der Waals surface area contributed by atoms with Crippen LogP contribution >= 0.6 is 0 Å². The van der Waals surface area contributed by atoms with Crippen LogP contribution in [0.2, 0.25) is 0 Å². The van der Waals surface area contributed by atoms with Gasteiger partial charge in [0.05, 0.1) is 18.3 Å². The second-order valence-corrected chi connectivity index (χ2v) is 7.79. The van der Waals surface area contributed by atoms with Crippen LogP contribution < -0.4 is 5.32 Å². The van der Waals surface area contributed by atoms with Crippen LogP contribution in [-0.4, -0.2) is 22.0 Å². The number of nitrogens with one attached hydrogen (secondary N) is 1. The van der Waals surface area contributed by atoms with Crippen LogP contribution in [0.15, 0.2) is 72.9 Å². The highest BCUT2D eigenvalue weighted by atomic mass is 16.2. The van der Waals surface area contributed by atoms with E-state index in [1.165, 1.54) is 0 Å². The van der Waals surface area contributed by atoms with Gasteiger partial charge in [0.2, 0.25) is 0 Å². The van der Waals surface area contributed by atoms with E-state index in [-0.39, 0.29) is 12.1 Å². The van der Waals surface area contributed by atoms with Gasteiger partial charge in [0, 0.05) is 18.4 Å². The van der Waals surface area contributed by atoms with E-state index in [0.717, 1.165) is 28.9 Å². The monoisotopic (exact) mass is 373 g/mol. The first kappa shape index (κ1) is 18.4. The Kier molecular flexibility index (Phi) is 5.20. The summed E-state index contributed by atoms with van der Waals surface area (Å²) in [5.74, 6) is 0.562. The molecule has 2 amide bonds. The van der Waals surface area contributed by atoms with Gasteiger partial charge < -0.3 is 14.8 Å². The lowest BCUT2D eigenvalue weighted by Gasteiger charge is -2.31. The average molecular weight is 374 g/mol. The summed E-state index contributed by atoms with van der Waals surface area (Å²) in [4.78, 5) is 15.2. The molecule has 1 N–H and O–H groups in total. The van der Waals surface area contributed by atoms with E-state index in [4.69, 9.17) is 0 Å². The first-order chi connectivity index (χ1) is 13.6. The highest BCUT2D eigenvalue weighted by molar-refractivity contribution is 5.76. The molecule has 1 atom stereocenters. The lowest BCUT2D eigenvalue weighted by Crippen LogP contribution is -2.42. The molecule has 0 saturated heterocycles. The second kappa shape index (κ2) is 7.93. The summed E-state index contributed by atoms with van der Waals surface area (Å²) in [5.41, 5.74) is 4.52. The van der Waals surface area contributed by atoms with Crippen molar-refractivity contribution >= 4 is 6.03 Å². The second-order valence-electron chi connectivity index (χ2n) is 7.79. The van der Waals surface area contributed by atoms with Crippen molar-refractivity contribution in [1.82, 2.24) is 14.8 Å². The fourth-order valence-electron chi connectivity index (χ4n) is 3.89. The number of hydrogen-bond donors (Lipinski definition) is 1. The molecule has 1 aliphatic heterocycles. The van der Waals surface area contributed by atoms with Crippen molar-refractivity contribution < 1.29 is 4.79 Å². The zero-order chi connectivity index (χ0) is 19.5. The van der Waals surface area contributed by atoms with E-state index >= 15 is 0 Å². The lowest BCUT2D eigenvalue weighted by atomic mass is 10.0. The molecular weight excluding hydrogens is 346 g/mol. The first-order valence-corrected chi connectivity index (χ1v) is 10.00. The van der Waals surface area contributed by atoms with Crippen LogP contribution in [0.5, 0.6) is 0 Å². The molecule has 0 spiro atoms. The van der Waals surface area contributed by atoms with E-state index in [1.54, 1.807) is 0 Å². The fourth-order valence-corrected chi connectivity index (χ4v) is 3.89. The van der Waals surface area contributed by atoms with Crippen molar-refractivity contribution in [2.45, 2.75) is 32.9 Å². The van der Waals surface area contributed by atoms with Crippen LogP contribution in [0.3, 0.4) is 0 Å². The highest BCUT2D eigenvalue weighted by Gasteiger charge is 2.32. The molecule has 4 heteroatoms. The zero-order valence-electron chi connectivity index (χ0n) is 16.5. The summed E-state index contributed by atoms with van der Waals surface area (Å²) < 4.78 is 2.22. The molecule has 28 heavy (non-hydrogen) atoms. The molecule has 0 unspecified atom stereocenters. The molecule has 4 nitrogen and oxygen atoms in total. The molecule has 0 fully saturated rings. The van der Waals surface area contributed by atoms with Crippen molar-refractivity contribution in [3.05, 3.63) is 89.7 Å². The largest absolute Gasteiger partial charge is 0.338 e. The van der Waals surface area contributed by atoms with Crippen LogP contribution in [0, 0.1) is 5.92 Å². The van der Waals surface area contributed by atoms with Gasteiger partial charge in [0.15, 0.2) is 0 Å². The summed E-state index contributed by atoms with van der Waals surface area (Å²) in [6.07, 6.45) is 3.06. The molecule has 0 bridgehead atoms. The van der Waals surface area contributed by atoms with Crippen LogP contribution in [0.1, 0.15) is 43.1 Å². The van der Waals surface area contributed by atoms with Crippen LogP contribution in [0.25, 0.3) is 5.69 Å². The smallest absolute Gasteiger partial charge is 0.318 e. The number of benzene rings is 2. The van der Waals surface area contributed by atoms with Gasteiger partial charge >= 0.3 is 6.03 Å². The third-order valence-electron chi connectivity index (χ3n) is 5.34. The normalized spacial score (nSPS) is 15.7. The number of fused-ring (bicyclic) bond motifs is 3. The topological polar surface area (TPSA) is 37.3 Å². The van der Waals surface area contributed by atoms with Gasteiger partial charge in [-0.25, -0.2) is 4.79 Å². The minimum absolute atomic E-state index is 0.0149. The van der Waals surface area contributed by atoms with E-state index in [1.807, 2.05) is 29.2 Å². The molecule has 0 saturated carbocycles. The Balaban J connectivity index is 1.77. The molecule has 1 aromatic heterocycles. The molecular formula is C24H27N3O. The van der Waals surface area contributed by atoms with E-state index < -0.39 is 0 Å². The zero-order valence-corrected chi connectivity index (χ0v) is 16.5. The maximum Gasteiger partial charge on any atom is 0.318 e. The molecule has 144 valence electrons. The summed E-state index contributed by atoms with van der Waals surface area (Å²) in [6.45, 7) is 5.62. The first-order valence-electron chi connectivity index (χ1n) is 10.00. The van der Waals surface area contributed by atoms with Gasteiger partial charge in [-0.15, -0.1) is 0 Å². The van der Waals surface area contributed by atoms with Crippen molar-refractivity contribution in [3.63, 3.8) is 0 Å². The third-order valence-corrected chi connectivity index (χ3v) is 5.34. The van der Waals surface area contributed by atoms with Crippen molar-refractivity contribution in [2.75, 3.05) is 6.54 Å². The van der Waals surface area contributed by atoms with Gasteiger partial charge in [-0.05, 0) is 41.7 Å². The number of hydrogen-bond acceptors (Lipinski definition) is 1. The third kappa shape index (κ3) is 3.55. The van der Waals surface area contributed by atoms with Gasteiger partial charge in [0.1, 0.15) is 0 Å². The number of urea groups is 1. The van der Waals surface area contributed by atoms with Crippen molar-refractivity contribution in [1.29, 1.82) is 0 Å². The van der Waals surface area contributed by atoms with E-state index in [0.29, 0.717) is 19.0 Å². The van der Waals surface area contributed by atoms with Gasteiger partial charge in [-0.3, -0.25) is 0 Å². The van der Waals surface area contributed by atoms with Crippen molar-refractivity contribution in [2.24, 2.45) is 5.92 Å². The maximum atomic E-state index is 13.3. The lowest BCUT2D eigenvalue weighted by molar-refractivity contribution is 0.180. The molecule has 0 aliphatic carbocycles. The fraction of sp³-hybridized carbons (Fsp3) is 0.292. The Morgan fingerprint density at radius 2 is 1.79 bits per heavy atom. The molecule has 2 aromatic carbocycles. The number of amides is 2. The molecule has 1 aliphatic rings. The number of nitrogens with zero attached hydrogens (tertiary/aromatic N) is 2. The van der Waals surface area contributed by atoms with Crippen LogP contribution in [-0.2, 0) is 6.54 Å². The minimum atomic E-state index is -0.136. The highest BCUT2D eigenvalue weighted by Crippen LogP contribution is 2.36. The SMILES string of the molecule is CC(C)CCNC(=O)N1Cc2ccccc2-n2cccc2[C@@H]1c1ccccc1.